The number of rotatable bonds is 3. The van der Waals surface area contributed by atoms with Gasteiger partial charge in [0.25, 0.3) is 5.91 Å². The fraction of sp³-hybridized carbons (Fsp3) is 0.188. The molecule has 0 bridgehead atoms. The molecule has 104 valence electrons. The molecular weight excluding hydrogens is 255 g/mol. The van der Waals surface area contributed by atoms with Crippen LogP contribution in [0.5, 0.6) is 0 Å². The van der Waals surface area contributed by atoms with Crippen LogP contribution in [0.1, 0.15) is 34.5 Å². The first-order valence-corrected chi connectivity index (χ1v) is 6.40. The van der Waals surface area contributed by atoms with Crippen LogP contribution in [-0.4, -0.2) is 5.91 Å². The summed E-state index contributed by atoms with van der Waals surface area (Å²) < 4.78 is 13.2. The van der Waals surface area contributed by atoms with Crippen molar-refractivity contribution in [2.45, 2.75) is 19.9 Å². The number of nitrogen functional groups attached to an aromatic ring is 1. The van der Waals surface area contributed by atoms with E-state index in [-0.39, 0.29) is 23.2 Å². The minimum absolute atomic E-state index is 0.158. The first-order valence-electron chi connectivity index (χ1n) is 6.40. The van der Waals surface area contributed by atoms with Crippen molar-refractivity contribution >= 4 is 11.6 Å². The predicted octanol–water partition coefficient (Wildman–Crippen LogP) is 3.21. The molecule has 0 aliphatic rings. The minimum Gasteiger partial charge on any atom is -0.398 e. The maximum atomic E-state index is 13.2. The molecule has 0 aromatic heterocycles. The number of carbonyl (C=O) groups excluding carboxylic acids is 1. The van der Waals surface area contributed by atoms with E-state index in [1.807, 2.05) is 38.1 Å². The highest BCUT2D eigenvalue weighted by molar-refractivity contribution is 5.99. The number of carbonyl (C=O) groups is 1. The van der Waals surface area contributed by atoms with Gasteiger partial charge in [0.2, 0.25) is 0 Å². The quantitative estimate of drug-likeness (QED) is 0.843. The summed E-state index contributed by atoms with van der Waals surface area (Å²) in [6.45, 7) is 3.87. The number of hydrogen-bond acceptors (Lipinski definition) is 2. The number of aryl methyl sites for hydroxylation is 1. The van der Waals surface area contributed by atoms with Gasteiger partial charge in [-0.15, -0.1) is 0 Å². The molecule has 0 unspecified atom stereocenters. The number of amides is 1. The molecule has 0 aliphatic heterocycles. The van der Waals surface area contributed by atoms with Gasteiger partial charge in [0, 0.05) is 5.69 Å². The zero-order chi connectivity index (χ0) is 14.7. The molecule has 4 heteroatoms. The van der Waals surface area contributed by atoms with E-state index in [1.165, 1.54) is 12.1 Å². The van der Waals surface area contributed by atoms with Crippen molar-refractivity contribution < 1.29 is 9.18 Å². The molecule has 2 aromatic carbocycles. The summed E-state index contributed by atoms with van der Waals surface area (Å²) >= 11 is 0. The summed E-state index contributed by atoms with van der Waals surface area (Å²) in [5.74, 6) is -0.856. The van der Waals surface area contributed by atoms with Crippen LogP contribution in [0, 0.1) is 12.7 Å². The molecule has 1 atom stereocenters. The Labute approximate surface area is 117 Å². The Morgan fingerprint density at radius 2 is 1.95 bits per heavy atom. The Kier molecular flexibility index (Phi) is 4.03. The van der Waals surface area contributed by atoms with Crippen LogP contribution in [0.4, 0.5) is 10.1 Å². The number of halogens is 1. The lowest BCUT2D eigenvalue weighted by Gasteiger charge is -2.17. The van der Waals surface area contributed by atoms with E-state index in [2.05, 4.69) is 5.32 Å². The van der Waals surface area contributed by atoms with Crippen molar-refractivity contribution in [1.29, 1.82) is 0 Å². The van der Waals surface area contributed by atoms with Crippen LogP contribution >= 0.6 is 0 Å². The van der Waals surface area contributed by atoms with Crippen molar-refractivity contribution in [2.75, 3.05) is 5.73 Å². The second kappa shape index (κ2) is 5.74. The average Bonchev–Trinajstić information content (AvgIpc) is 2.41. The van der Waals surface area contributed by atoms with Gasteiger partial charge in [-0.25, -0.2) is 4.39 Å². The van der Waals surface area contributed by atoms with Crippen LogP contribution in [0.25, 0.3) is 0 Å². The van der Waals surface area contributed by atoms with Gasteiger partial charge < -0.3 is 11.1 Å². The third-order valence-electron chi connectivity index (χ3n) is 3.26. The molecule has 1 amide bonds. The summed E-state index contributed by atoms with van der Waals surface area (Å²) in [6, 6.07) is 11.4. The smallest absolute Gasteiger partial charge is 0.253 e. The van der Waals surface area contributed by atoms with Gasteiger partial charge in [-0.05, 0) is 43.2 Å². The molecule has 0 aliphatic carbocycles. The number of nitrogens with two attached hydrogens (primary N) is 1. The fourth-order valence-corrected chi connectivity index (χ4v) is 2.15. The lowest BCUT2D eigenvalue weighted by Crippen LogP contribution is -2.27. The maximum absolute atomic E-state index is 13.2. The SMILES string of the molecule is Cc1ccccc1[C@@H](C)NC(=O)c1cc(F)ccc1N. The van der Waals surface area contributed by atoms with E-state index >= 15 is 0 Å². The van der Waals surface area contributed by atoms with E-state index in [9.17, 15) is 9.18 Å². The highest BCUT2D eigenvalue weighted by atomic mass is 19.1. The second-order valence-electron chi connectivity index (χ2n) is 4.78. The largest absolute Gasteiger partial charge is 0.398 e. The first-order chi connectivity index (χ1) is 9.49. The zero-order valence-electron chi connectivity index (χ0n) is 11.5. The second-order valence-corrected chi connectivity index (χ2v) is 4.78. The van der Waals surface area contributed by atoms with E-state index in [1.54, 1.807) is 0 Å². The number of benzene rings is 2. The van der Waals surface area contributed by atoms with Crippen LogP contribution in [-0.2, 0) is 0 Å². The third kappa shape index (κ3) is 2.96. The Morgan fingerprint density at radius 3 is 2.65 bits per heavy atom. The fourth-order valence-electron chi connectivity index (χ4n) is 2.15. The Morgan fingerprint density at radius 1 is 1.25 bits per heavy atom. The molecule has 20 heavy (non-hydrogen) atoms. The first kappa shape index (κ1) is 14.1. The van der Waals surface area contributed by atoms with Crippen molar-refractivity contribution in [3.05, 3.63) is 65.0 Å². The van der Waals surface area contributed by atoms with Crippen molar-refractivity contribution in [2.24, 2.45) is 0 Å². The number of hydrogen-bond donors (Lipinski definition) is 2. The number of anilines is 1. The summed E-state index contributed by atoms with van der Waals surface area (Å²) in [7, 11) is 0. The van der Waals surface area contributed by atoms with E-state index in [4.69, 9.17) is 5.73 Å². The van der Waals surface area contributed by atoms with Gasteiger partial charge in [0.1, 0.15) is 5.82 Å². The van der Waals surface area contributed by atoms with Gasteiger partial charge in [0.05, 0.1) is 11.6 Å². The molecule has 0 fully saturated rings. The standard InChI is InChI=1S/C16H17FN2O/c1-10-5-3-4-6-13(10)11(2)19-16(20)14-9-12(17)7-8-15(14)18/h3-9,11H,18H2,1-2H3,(H,19,20)/t11-/m1/s1. The van der Waals surface area contributed by atoms with Crippen LogP contribution in [0.2, 0.25) is 0 Å². The Balaban J connectivity index is 2.20. The summed E-state index contributed by atoms with van der Waals surface area (Å²) in [5, 5.41) is 2.84. The van der Waals surface area contributed by atoms with Gasteiger partial charge in [-0.2, -0.15) is 0 Å². The van der Waals surface area contributed by atoms with E-state index < -0.39 is 5.82 Å². The zero-order valence-corrected chi connectivity index (χ0v) is 11.5. The summed E-state index contributed by atoms with van der Waals surface area (Å²) in [5.41, 5.74) is 8.24. The van der Waals surface area contributed by atoms with Crippen molar-refractivity contribution in [3.63, 3.8) is 0 Å². The molecule has 2 aromatic rings. The normalized spacial score (nSPS) is 11.9. The molecule has 0 heterocycles. The predicted molar refractivity (Wildman–Crippen MR) is 77.9 cm³/mol. The highest BCUT2D eigenvalue weighted by Gasteiger charge is 2.15. The Hall–Kier alpha value is -2.36. The van der Waals surface area contributed by atoms with Crippen LogP contribution < -0.4 is 11.1 Å². The minimum atomic E-state index is -0.479. The summed E-state index contributed by atoms with van der Waals surface area (Å²) in [4.78, 5) is 12.2. The molecule has 0 spiro atoms. The van der Waals surface area contributed by atoms with E-state index in [0.717, 1.165) is 17.2 Å². The monoisotopic (exact) mass is 272 g/mol. The molecule has 3 N–H and O–H groups in total. The van der Waals surface area contributed by atoms with Crippen molar-refractivity contribution in [1.82, 2.24) is 5.32 Å². The molecule has 0 saturated heterocycles. The van der Waals surface area contributed by atoms with E-state index in [0.29, 0.717) is 0 Å². The highest BCUT2D eigenvalue weighted by Crippen LogP contribution is 2.19. The van der Waals surface area contributed by atoms with Gasteiger partial charge >= 0.3 is 0 Å². The lowest BCUT2D eigenvalue weighted by molar-refractivity contribution is 0.0940. The third-order valence-corrected chi connectivity index (χ3v) is 3.26. The van der Waals surface area contributed by atoms with Gasteiger partial charge in [-0.3, -0.25) is 4.79 Å². The Bertz CT molecular complexity index is 640. The molecule has 0 saturated carbocycles. The van der Waals surface area contributed by atoms with Crippen LogP contribution in [0.15, 0.2) is 42.5 Å². The average molecular weight is 272 g/mol. The molecular formula is C16H17FN2O. The van der Waals surface area contributed by atoms with Crippen LogP contribution in [0.3, 0.4) is 0 Å². The molecule has 3 nitrogen and oxygen atoms in total. The topological polar surface area (TPSA) is 55.1 Å². The van der Waals surface area contributed by atoms with Crippen molar-refractivity contribution in [3.8, 4) is 0 Å². The van der Waals surface area contributed by atoms with Gasteiger partial charge in [0.15, 0.2) is 0 Å². The number of nitrogens with one attached hydrogen (secondary N) is 1. The lowest BCUT2D eigenvalue weighted by atomic mass is 10.0. The molecule has 0 radical (unpaired) electrons. The maximum Gasteiger partial charge on any atom is 0.253 e. The van der Waals surface area contributed by atoms with Gasteiger partial charge in [-0.1, -0.05) is 24.3 Å². The molecule has 2 rings (SSSR count). The summed E-state index contributed by atoms with van der Waals surface area (Å²) in [6.07, 6.45) is 0.